The topological polar surface area (TPSA) is 53.2 Å². The lowest BCUT2D eigenvalue weighted by molar-refractivity contribution is -0.110. The molecule has 1 aliphatic heterocycles. The molecule has 160 valence electrons. The molecule has 1 aromatic rings. The first-order chi connectivity index (χ1) is 14.6. The quantitative estimate of drug-likeness (QED) is 0.539. The highest BCUT2D eigenvalue weighted by molar-refractivity contribution is 5.87. The molecule has 30 heavy (non-hydrogen) atoms. The second-order valence-electron chi connectivity index (χ2n) is 8.24. The monoisotopic (exact) mass is 405 g/mol. The molecule has 2 aliphatic rings. The van der Waals surface area contributed by atoms with Crippen LogP contribution in [0.5, 0.6) is 0 Å². The number of piperidine rings is 1. The van der Waals surface area contributed by atoms with Crippen molar-refractivity contribution in [2.45, 2.75) is 44.7 Å². The van der Waals surface area contributed by atoms with E-state index >= 15 is 0 Å². The van der Waals surface area contributed by atoms with Crippen LogP contribution >= 0.6 is 0 Å². The molecule has 1 saturated heterocycles. The van der Waals surface area contributed by atoms with Gasteiger partial charge >= 0.3 is 0 Å². The van der Waals surface area contributed by atoms with E-state index in [0.29, 0.717) is 6.04 Å². The van der Waals surface area contributed by atoms with E-state index in [1.807, 2.05) is 7.05 Å². The maximum atomic E-state index is 11.9. The van der Waals surface area contributed by atoms with Gasteiger partial charge in [0.2, 0.25) is 0 Å². The molecule has 1 unspecified atom stereocenters. The molecule has 1 heterocycles. The summed E-state index contributed by atoms with van der Waals surface area (Å²) < 4.78 is 0. The zero-order valence-electron chi connectivity index (χ0n) is 18.2. The van der Waals surface area contributed by atoms with Crippen LogP contribution in [-0.2, 0) is 11.3 Å². The Morgan fingerprint density at radius 3 is 2.87 bits per heavy atom. The van der Waals surface area contributed by atoms with Gasteiger partial charge in [-0.25, -0.2) is 0 Å². The van der Waals surface area contributed by atoms with Crippen LogP contribution in [0.2, 0.25) is 0 Å². The van der Waals surface area contributed by atoms with Gasteiger partial charge in [-0.1, -0.05) is 43.5 Å². The molecular formula is C26H35N3O. The van der Waals surface area contributed by atoms with Gasteiger partial charge in [-0.3, -0.25) is 0 Å². The van der Waals surface area contributed by atoms with Gasteiger partial charge in [0.25, 0.3) is 0 Å². The minimum atomic E-state index is -0.164. The summed E-state index contributed by atoms with van der Waals surface area (Å²) >= 11 is 0. The Morgan fingerprint density at radius 2 is 2.13 bits per heavy atom. The van der Waals surface area contributed by atoms with Crippen molar-refractivity contribution >= 4 is 17.9 Å². The number of rotatable bonds is 9. The summed E-state index contributed by atoms with van der Waals surface area (Å²) in [5, 5.41) is 10.2. The molecule has 0 radical (unpaired) electrons. The second kappa shape index (κ2) is 11.1. The Morgan fingerprint density at radius 1 is 1.33 bits per heavy atom. The smallest absolute Gasteiger partial charge is 0.127 e. The molecule has 4 heteroatoms. The number of aldehydes is 1. The van der Waals surface area contributed by atoms with Gasteiger partial charge < -0.3 is 20.7 Å². The number of carbonyl (C=O) groups excluding carboxylic acids is 1. The number of nitrogens with one attached hydrogen (secondary N) is 3. The molecule has 1 aromatic carbocycles. The first kappa shape index (κ1) is 22.3. The first-order valence-electron chi connectivity index (χ1n) is 11.1. The van der Waals surface area contributed by atoms with Crippen LogP contribution in [-0.4, -0.2) is 32.5 Å². The van der Waals surface area contributed by atoms with Gasteiger partial charge in [-0.2, -0.15) is 0 Å². The third-order valence-electron chi connectivity index (χ3n) is 6.17. The van der Waals surface area contributed by atoms with Crippen molar-refractivity contribution in [1.29, 1.82) is 0 Å². The number of allylic oxidation sites excluding steroid dienone is 5. The van der Waals surface area contributed by atoms with Crippen molar-refractivity contribution in [1.82, 2.24) is 16.0 Å². The van der Waals surface area contributed by atoms with Crippen molar-refractivity contribution in [3.05, 3.63) is 71.5 Å². The molecule has 3 N–H and O–H groups in total. The third kappa shape index (κ3) is 5.80. The summed E-state index contributed by atoms with van der Waals surface area (Å²) in [5.74, 6) is -0.164. The van der Waals surface area contributed by atoms with E-state index in [-0.39, 0.29) is 5.92 Å². The number of benzene rings is 1. The third-order valence-corrected chi connectivity index (χ3v) is 6.17. The number of hydrogen-bond acceptors (Lipinski definition) is 4. The van der Waals surface area contributed by atoms with Gasteiger partial charge in [0.15, 0.2) is 0 Å². The summed E-state index contributed by atoms with van der Waals surface area (Å²) in [6.45, 7) is 11.4. The number of carbonyl (C=O) groups is 1. The lowest BCUT2D eigenvalue weighted by Crippen LogP contribution is -2.39. The van der Waals surface area contributed by atoms with Crippen molar-refractivity contribution in [3.63, 3.8) is 0 Å². The van der Waals surface area contributed by atoms with E-state index < -0.39 is 0 Å². The Hall–Kier alpha value is -2.43. The number of fused-ring (bicyclic) bond motifs is 1. The van der Waals surface area contributed by atoms with Crippen LogP contribution in [0.25, 0.3) is 11.6 Å². The van der Waals surface area contributed by atoms with Crippen LogP contribution in [0, 0.1) is 5.92 Å². The van der Waals surface area contributed by atoms with Crippen molar-refractivity contribution in [2.75, 3.05) is 20.1 Å². The van der Waals surface area contributed by atoms with E-state index in [9.17, 15) is 4.79 Å². The minimum absolute atomic E-state index is 0.164. The SMILES string of the molecule is C=C(CCC(C=O)/C1=C/C/C=C\c2cc(CNC3CCNCC3)ccc2C1=C)NC. The van der Waals surface area contributed by atoms with Crippen molar-refractivity contribution < 1.29 is 4.79 Å². The summed E-state index contributed by atoms with van der Waals surface area (Å²) in [6.07, 6.45) is 12.2. The Bertz CT molecular complexity index is 831. The maximum absolute atomic E-state index is 11.9. The number of hydrogen-bond donors (Lipinski definition) is 3. The molecular weight excluding hydrogens is 370 g/mol. The van der Waals surface area contributed by atoms with E-state index in [2.05, 4.69) is 65.5 Å². The fraction of sp³-hybridized carbons (Fsp3) is 0.423. The molecule has 0 amide bonds. The zero-order valence-corrected chi connectivity index (χ0v) is 18.2. The predicted molar refractivity (Wildman–Crippen MR) is 127 cm³/mol. The van der Waals surface area contributed by atoms with Gasteiger partial charge in [0.05, 0.1) is 0 Å². The highest BCUT2D eigenvalue weighted by Gasteiger charge is 2.20. The highest BCUT2D eigenvalue weighted by Crippen LogP contribution is 2.34. The van der Waals surface area contributed by atoms with Crippen LogP contribution in [0.15, 0.2) is 54.8 Å². The van der Waals surface area contributed by atoms with Crippen LogP contribution in [0.1, 0.15) is 48.8 Å². The molecule has 1 atom stereocenters. The molecule has 0 spiro atoms. The first-order valence-corrected chi connectivity index (χ1v) is 11.1. The van der Waals surface area contributed by atoms with Crippen LogP contribution < -0.4 is 16.0 Å². The molecule has 0 aromatic heterocycles. The Kier molecular flexibility index (Phi) is 8.23. The summed E-state index contributed by atoms with van der Waals surface area (Å²) in [4.78, 5) is 11.9. The molecule has 0 bridgehead atoms. The predicted octanol–water partition coefficient (Wildman–Crippen LogP) is 4.21. The van der Waals surface area contributed by atoms with Gasteiger partial charge in [0.1, 0.15) is 6.29 Å². The van der Waals surface area contributed by atoms with Crippen LogP contribution in [0.3, 0.4) is 0 Å². The summed E-state index contributed by atoms with van der Waals surface area (Å²) in [6, 6.07) is 7.19. The molecule has 0 saturated carbocycles. The summed E-state index contributed by atoms with van der Waals surface area (Å²) in [5.41, 5.74) is 6.53. The standard InChI is InChI=1S/C26H35N3O/c1-19(27-3)8-10-23(18-30)25-7-5-4-6-22-16-21(9-11-26(22)20(25)2)17-29-24-12-14-28-15-13-24/h4,6-7,9,11,16,18,23-24,27-29H,1-2,5,8,10,12-15,17H2,3H3/b6-4-,25-7+. The Balaban J connectivity index is 1.74. The molecule has 3 rings (SSSR count). The van der Waals surface area contributed by atoms with Gasteiger partial charge in [-0.05, 0) is 79.1 Å². The van der Waals surface area contributed by atoms with E-state index in [0.717, 1.165) is 67.6 Å². The lowest BCUT2D eigenvalue weighted by Gasteiger charge is -2.24. The van der Waals surface area contributed by atoms with Gasteiger partial charge in [-0.15, -0.1) is 0 Å². The molecule has 1 aliphatic carbocycles. The average molecular weight is 406 g/mol. The Labute approximate surface area is 181 Å². The lowest BCUT2D eigenvalue weighted by atomic mass is 9.83. The largest absolute Gasteiger partial charge is 0.392 e. The second-order valence-corrected chi connectivity index (χ2v) is 8.24. The zero-order chi connectivity index (χ0) is 21.3. The van der Waals surface area contributed by atoms with Crippen LogP contribution in [0.4, 0.5) is 0 Å². The molecule has 4 nitrogen and oxygen atoms in total. The maximum Gasteiger partial charge on any atom is 0.127 e. The minimum Gasteiger partial charge on any atom is -0.392 e. The highest BCUT2D eigenvalue weighted by atomic mass is 16.1. The average Bonchev–Trinajstić information content (AvgIpc) is 2.78. The van der Waals surface area contributed by atoms with Gasteiger partial charge in [0, 0.05) is 31.2 Å². The van der Waals surface area contributed by atoms with Crippen molar-refractivity contribution in [3.8, 4) is 0 Å². The molecule has 1 fully saturated rings. The normalized spacial score (nSPS) is 20.8. The van der Waals surface area contributed by atoms with Crippen molar-refractivity contribution in [2.24, 2.45) is 5.92 Å². The summed E-state index contributed by atoms with van der Waals surface area (Å²) in [7, 11) is 1.87. The fourth-order valence-corrected chi connectivity index (χ4v) is 4.22. The fourth-order valence-electron chi connectivity index (χ4n) is 4.22. The van der Waals surface area contributed by atoms with E-state index in [1.165, 1.54) is 24.0 Å². The van der Waals surface area contributed by atoms with E-state index in [1.54, 1.807) is 0 Å². The van der Waals surface area contributed by atoms with E-state index in [4.69, 9.17) is 0 Å².